The van der Waals surface area contributed by atoms with E-state index < -0.39 is 0 Å². The molecule has 4 rings (SSSR count). The molecule has 132 valence electrons. The second-order valence-corrected chi connectivity index (χ2v) is 6.95. The Labute approximate surface area is 164 Å². The summed E-state index contributed by atoms with van der Waals surface area (Å²) in [6.45, 7) is 2.03. The number of hydrogen-bond acceptors (Lipinski definition) is 5. The van der Waals surface area contributed by atoms with E-state index in [0.29, 0.717) is 17.1 Å². The van der Waals surface area contributed by atoms with Gasteiger partial charge in [-0.1, -0.05) is 46.3 Å². The lowest BCUT2D eigenvalue weighted by atomic mass is 10.0. The first-order valence-corrected chi connectivity index (χ1v) is 9.16. The predicted octanol–water partition coefficient (Wildman–Crippen LogP) is 5.07. The first kappa shape index (κ1) is 17.3. The van der Waals surface area contributed by atoms with Gasteiger partial charge in [-0.15, -0.1) is 10.2 Å². The molecule has 1 N–H and O–H groups in total. The molecule has 5 nitrogen and oxygen atoms in total. The van der Waals surface area contributed by atoms with Gasteiger partial charge in [0.05, 0.1) is 0 Å². The number of halogens is 1. The zero-order valence-corrected chi connectivity index (χ0v) is 16.1. The fraction of sp³-hybridized carbons (Fsp3) is 0.0476. The van der Waals surface area contributed by atoms with E-state index in [1.165, 1.54) is 0 Å². The average Bonchev–Trinajstić information content (AvgIpc) is 2.71. The van der Waals surface area contributed by atoms with Crippen molar-refractivity contribution in [3.8, 4) is 0 Å². The SMILES string of the molecule is Cc1ccc(Nc2nnc(C(=O)c3ccncc3)c3ccccc23)cc1Br. The zero-order valence-electron chi connectivity index (χ0n) is 14.5. The summed E-state index contributed by atoms with van der Waals surface area (Å²) >= 11 is 3.54. The molecule has 6 heteroatoms. The summed E-state index contributed by atoms with van der Waals surface area (Å²) in [7, 11) is 0. The van der Waals surface area contributed by atoms with Crippen LogP contribution in [-0.2, 0) is 0 Å². The Morgan fingerprint density at radius 2 is 1.70 bits per heavy atom. The highest BCUT2D eigenvalue weighted by Gasteiger charge is 2.17. The third-order valence-corrected chi connectivity index (χ3v) is 5.13. The number of benzene rings is 2. The summed E-state index contributed by atoms with van der Waals surface area (Å²) in [6, 6.07) is 17.0. The number of aryl methyl sites for hydroxylation is 1. The number of carbonyl (C=O) groups is 1. The van der Waals surface area contributed by atoms with Crippen molar-refractivity contribution in [3.05, 3.63) is 88.3 Å². The van der Waals surface area contributed by atoms with Crippen LogP contribution in [0.3, 0.4) is 0 Å². The molecule has 0 aliphatic carbocycles. The number of nitrogens with one attached hydrogen (secondary N) is 1. The molecule has 0 spiro atoms. The number of aromatic nitrogens is 3. The first-order chi connectivity index (χ1) is 13.1. The van der Waals surface area contributed by atoms with Crippen LogP contribution in [0, 0.1) is 6.92 Å². The van der Waals surface area contributed by atoms with E-state index in [1.54, 1.807) is 24.5 Å². The third-order valence-electron chi connectivity index (χ3n) is 4.28. The van der Waals surface area contributed by atoms with Gasteiger partial charge in [-0.3, -0.25) is 9.78 Å². The van der Waals surface area contributed by atoms with E-state index in [9.17, 15) is 4.79 Å². The van der Waals surface area contributed by atoms with Gasteiger partial charge in [-0.05, 0) is 36.8 Å². The number of fused-ring (bicyclic) bond motifs is 1. The van der Waals surface area contributed by atoms with Crippen LogP contribution in [0.5, 0.6) is 0 Å². The molecule has 0 saturated carbocycles. The monoisotopic (exact) mass is 418 g/mol. The van der Waals surface area contributed by atoms with E-state index in [0.717, 1.165) is 26.5 Å². The molecule has 0 saturated heterocycles. The van der Waals surface area contributed by atoms with Gasteiger partial charge in [-0.25, -0.2) is 0 Å². The van der Waals surface area contributed by atoms with Gasteiger partial charge >= 0.3 is 0 Å². The number of ketones is 1. The van der Waals surface area contributed by atoms with Gasteiger partial charge in [-0.2, -0.15) is 0 Å². The molecule has 2 aromatic carbocycles. The smallest absolute Gasteiger partial charge is 0.213 e. The zero-order chi connectivity index (χ0) is 18.8. The Morgan fingerprint density at radius 3 is 2.44 bits per heavy atom. The molecule has 0 aliphatic rings. The van der Waals surface area contributed by atoms with Crippen molar-refractivity contribution in [1.29, 1.82) is 0 Å². The molecular weight excluding hydrogens is 404 g/mol. The van der Waals surface area contributed by atoms with Crippen LogP contribution >= 0.6 is 15.9 Å². The fourth-order valence-electron chi connectivity index (χ4n) is 2.81. The highest BCUT2D eigenvalue weighted by atomic mass is 79.9. The lowest BCUT2D eigenvalue weighted by Gasteiger charge is -2.11. The van der Waals surface area contributed by atoms with Crippen molar-refractivity contribution in [1.82, 2.24) is 15.2 Å². The van der Waals surface area contributed by atoms with Crippen LogP contribution in [0.2, 0.25) is 0 Å². The van der Waals surface area contributed by atoms with Gasteiger partial charge in [0.15, 0.2) is 5.82 Å². The maximum Gasteiger partial charge on any atom is 0.213 e. The van der Waals surface area contributed by atoms with Crippen molar-refractivity contribution in [3.63, 3.8) is 0 Å². The van der Waals surface area contributed by atoms with Crippen molar-refractivity contribution >= 4 is 44.0 Å². The van der Waals surface area contributed by atoms with Gasteiger partial charge < -0.3 is 5.32 Å². The summed E-state index contributed by atoms with van der Waals surface area (Å²) in [5.41, 5.74) is 2.90. The van der Waals surface area contributed by atoms with E-state index in [-0.39, 0.29) is 5.78 Å². The second kappa shape index (κ2) is 7.25. The molecule has 2 heterocycles. The molecule has 4 aromatic rings. The number of carbonyl (C=O) groups excluding carboxylic acids is 1. The molecule has 0 bridgehead atoms. The molecular formula is C21H15BrN4O. The Morgan fingerprint density at radius 1 is 0.963 bits per heavy atom. The topological polar surface area (TPSA) is 67.8 Å². The summed E-state index contributed by atoms with van der Waals surface area (Å²) in [4.78, 5) is 16.8. The standard InChI is InChI=1S/C21H15BrN4O/c1-13-6-7-15(12-18(13)22)24-21-17-5-3-2-4-16(17)19(25-26-21)20(27)14-8-10-23-11-9-14/h2-12H,1H3,(H,24,26). The number of anilines is 2. The van der Waals surface area contributed by atoms with E-state index >= 15 is 0 Å². The minimum Gasteiger partial charge on any atom is -0.338 e. The van der Waals surface area contributed by atoms with Crippen molar-refractivity contribution in [2.24, 2.45) is 0 Å². The first-order valence-electron chi connectivity index (χ1n) is 8.37. The molecule has 0 fully saturated rings. The lowest BCUT2D eigenvalue weighted by molar-refractivity contribution is 0.103. The summed E-state index contributed by atoms with van der Waals surface area (Å²) in [6.07, 6.45) is 3.18. The highest BCUT2D eigenvalue weighted by molar-refractivity contribution is 9.10. The van der Waals surface area contributed by atoms with E-state index in [1.807, 2.05) is 49.4 Å². The van der Waals surface area contributed by atoms with Crippen LogP contribution in [0.4, 0.5) is 11.5 Å². The lowest BCUT2D eigenvalue weighted by Crippen LogP contribution is -2.08. The number of hydrogen-bond donors (Lipinski definition) is 1. The fourth-order valence-corrected chi connectivity index (χ4v) is 3.19. The predicted molar refractivity (Wildman–Crippen MR) is 109 cm³/mol. The van der Waals surface area contributed by atoms with E-state index in [2.05, 4.69) is 36.4 Å². The quantitative estimate of drug-likeness (QED) is 0.468. The highest BCUT2D eigenvalue weighted by Crippen LogP contribution is 2.28. The maximum absolute atomic E-state index is 12.9. The van der Waals surface area contributed by atoms with Gasteiger partial charge in [0.2, 0.25) is 5.78 Å². The third kappa shape index (κ3) is 3.44. The van der Waals surface area contributed by atoms with Crippen LogP contribution in [0.1, 0.15) is 21.6 Å². The summed E-state index contributed by atoms with van der Waals surface area (Å²) < 4.78 is 1.01. The Bertz CT molecular complexity index is 1150. The maximum atomic E-state index is 12.9. The molecule has 2 aromatic heterocycles. The minimum absolute atomic E-state index is 0.175. The average molecular weight is 419 g/mol. The molecule has 0 amide bonds. The molecule has 0 unspecified atom stereocenters. The largest absolute Gasteiger partial charge is 0.338 e. The number of rotatable bonds is 4. The Hall–Kier alpha value is -3.12. The van der Waals surface area contributed by atoms with Gasteiger partial charge in [0.1, 0.15) is 5.69 Å². The number of nitrogens with zero attached hydrogens (tertiary/aromatic N) is 3. The van der Waals surface area contributed by atoms with Crippen LogP contribution in [0.15, 0.2) is 71.5 Å². The van der Waals surface area contributed by atoms with Crippen molar-refractivity contribution < 1.29 is 4.79 Å². The molecule has 0 radical (unpaired) electrons. The van der Waals surface area contributed by atoms with E-state index in [4.69, 9.17) is 0 Å². The minimum atomic E-state index is -0.175. The molecule has 27 heavy (non-hydrogen) atoms. The van der Waals surface area contributed by atoms with Gasteiger partial charge in [0.25, 0.3) is 0 Å². The summed E-state index contributed by atoms with van der Waals surface area (Å²) in [5.74, 6) is 0.429. The summed E-state index contributed by atoms with van der Waals surface area (Å²) in [5, 5.41) is 13.4. The van der Waals surface area contributed by atoms with Crippen molar-refractivity contribution in [2.45, 2.75) is 6.92 Å². The van der Waals surface area contributed by atoms with Crippen LogP contribution in [0.25, 0.3) is 10.8 Å². The van der Waals surface area contributed by atoms with Crippen LogP contribution < -0.4 is 5.32 Å². The normalized spacial score (nSPS) is 10.7. The second-order valence-electron chi connectivity index (χ2n) is 6.10. The Kier molecular flexibility index (Phi) is 4.64. The Balaban J connectivity index is 1.78. The van der Waals surface area contributed by atoms with Crippen LogP contribution in [-0.4, -0.2) is 21.0 Å². The molecule has 0 atom stereocenters. The van der Waals surface area contributed by atoms with Crippen molar-refractivity contribution in [2.75, 3.05) is 5.32 Å². The number of pyridine rings is 1. The van der Waals surface area contributed by atoms with Gasteiger partial charge in [0, 0.05) is 38.9 Å². The molecule has 0 aliphatic heterocycles.